The summed E-state index contributed by atoms with van der Waals surface area (Å²) in [6, 6.07) is 20.2. The third-order valence-electron chi connectivity index (χ3n) is 4.88. The molecule has 168 valence electrons. The Morgan fingerprint density at radius 2 is 1.73 bits per heavy atom. The average molecular weight is 500 g/mol. The molecule has 0 radical (unpaired) electrons. The molecule has 0 atom stereocenters. The van der Waals surface area contributed by atoms with Crippen LogP contribution in [0.25, 0.3) is 6.08 Å². The smallest absolute Gasteiger partial charge is 0.293 e. The Hall–Kier alpha value is -2.93. The number of hydrogen-bond acceptors (Lipinski definition) is 5. The van der Waals surface area contributed by atoms with Gasteiger partial charge in [0, 0.05) is 5.02 Å². The van der Waals surface area contributed by atoms with Gasteiger partial charge >= 0.3 is 0 Å². The van der Waals surface area contributed by atoms with Crippen molar-refractivity contribution in [2.45, 2.75) is 13.2 Å². The molecule has 1 heterocycles. The number of amides is 2. The lowest BCUT2D eigenvalue weighted by Crippen LogP contribution is -2.27. The predicted molar refractivity (Wildman–Crippen MR) is 132 cm³/mol. The molecule has 33 heavy (non-hydrogen) atoms. The second-order valence-electron chi connectivity index (χ2n) is 7.21. The Labute approximate surface area is 205 Å². The summed E-state index contributed by atoms with van der Waals surface area (Å²) in [4.78, 5) is 26.8. The van der Waals surface area contributed by atoms with Crippen molar-refractivity contribution >= 4 is 52.2 Å². The first-order valence-corrected chi connectivity index (χ1v) is 11.6. The molecule has 1 saturated heterocycles. The van der Waals surface area contributed by atoms with Crippen LogP contribution >= 0.6 is 35.0 Å². The molecule has 1 aliphatic rings. The van der Waals surface area contributed by atoms with Crippen molar-refractivity contribution in [3.05, 3.63) is 98.4 Å². The van der Waals surface area contributed by atoms with Gasteiger partial charge in [0.05, 0.1) is 23.6 Å². The fourth-order valence-electron chi connectivity index (χ4n) is 3.30. The summed E-state index contributed by atoms with van der Waals surface area (Å²) in [5, 5.41) is 0.549. The van der Waals surface area contributed by atoms with Gasteiger partial charge in [0.15, 0.2) is 11.5 Å². The number of thioether (sulfide) groups is 1. The van der Waals surface area contributed by atoms with E-state index < -0.39 is 0 Å². The largest absolute Gasteiger partial charge is 0.493 e. The van der Waals surface area contributed by atoms with Crippen LogP contribution in [0.15, 0.2) is 71.6 Å². The van der Waals surface area contributed by atoms with Crippen LogP contribution in [0.2, 0.25) is 10.0 Å². The maximum absolute atomic E-state index is 12.9. The molecule has 0 aromatic heterocycles. The molecule has 2 amide bonds. The third-order valence-corrected chi connectivity index (χ3v) is 6.30. The van der Waals surface area contributed by atoms with E-state index >= 15 is 0 Å². The zero-order valence-corrected chi connectivity index (χ0v) is 19.9. The molecule has 0 saturated carbocycles. The summed E-state index contributed by atoms with van der Waals surface area (Å²) in [7, 11) is 1.52. The number of benzene rings is 3. The molecule has 4 rings (SSSR count). The molecule has 3 aromatic carbocycles. The zero-order chi connectivity index (χ0) is 23.4. The molecule has 1 fully saturated rings. The van der Waals surface area contributed by atoms with Gasteiger partial charge in [-0.1, -0.05) is 65.7 Å². The molecular weight excluding hydrogens is 481 g/mol. The van der Waals surface area contributed by atoms with E-state index in [-0.39, 0.29) is 17.7 Å². The third kappa shape index (κ3) is 5.53. The number of ether oxygens (including phenoxy) is 2. The summed E-state index contributed by atoms with van der Waals surface area (Å²) in [5.74, 6) is 0.474. The Morgan fingerprint density at radius 1 is 0.970 bits per heavy atom. The van der Waals surface area contributed by atoms with Gasteiger partial charge in [0.1, 0.15) is 6.61 Å². The van der Waals surface area contributed by atoms with Crippen LogP contribution < -0.4 is 9.47 Å². The molecule has 0 spiro atoms. The van der Waals surface area contributed by atoms with Gasteiger partial charge in [-0.2, -0.15) is 0 Å². The van der Waals surface area contributed by atoms with Crippen LogP contribution in [-0.2, 0) is 17.9 Å². The average Bonchev–Trinajstić information content (AvgIpc) is 3.06. The van der Waals surface area contributed by atoms with Gasteiger partial charge in [-0.3, -0.25) is 14.5 Å². The van der Waals surface area contributed by atoms with E-state index in [2.05, 4.69) is 0 Å². The molecule has 1 aliphatic heterocycles. The Kier molecular flexibility index (Phi) is 7.28. The van der Waals surface area contributed by atoms with Crippen LogP contribution in [-0.4, -0.2) is 23.2 Å². The molecule has 0 N–H and O–H groups in total. The fraction of sp³-hybridized carbons (Fsp3) is 0.120. The normalized spacial score (nSPS) is 14.8. The summed E-state index contributed by atoms with van der Waals surface area (Å²) < 4.78 is 11.3. The highest BCUT2D eigenvalue weighted by atomic mass is 35.5. The van der Waals surface area contributed by atoms with Gasteiger partial charge < -0.3 is 9.47 Å². The maximum atomic E-state index is 12.9. The van der Waals surface area contributed by atoms with Crippen molar-refractivity contribution in [3.8, 4) is 11.5 Å². The van der Waals surface area contributed by atoms with Gasteiger partial charge in [-0.15, -0.1) is 0 Å². The first kappa shape index (κ1) is 23.2. The Bertz CT molecular complexity index is 1230. The summed E-state index contributed by atoms with van der Waals surface area (Å²) in [6.07, 6.45) is 1.62. The molecule has 8 heteroatoms. The minimum atomic E-state index is -0.371. The van der Waals surface area contributed by atoms with Crippen LogP contribution in [0.1, 0.15) is 16.7 Å². The topological polar surface area (TPSA) is 55.8 Å². The van der Waals surface area contributed by atoms with E-state index in [0.717, 1.165) is 22.9 Å². The van der Waals surface area contributed by atoms with Gasteiger partial charge in [-0.05, 0) is 58.8 Å². The van der Waals surface area contributed by atoms with Crippen molar-refractivity contribution in [1.82, 2.24) is 4.90 Å². The molecule has 0 unspecified atom stereocenters. The highest BCUT2D eigenvalue weighted by Crippen LogP contribution is 2.39. The van der Waals surface area contributed by atoms with Gasteiger partial charge in [-0.25, -0.2) is 0 Å². The second-order valence-corrected chi connectivity index (χ2v) is 9.04. The summed E-state index contributed by atoms with van der Waals surface area (Å²) >= 11 is 13.4. The van der Waals surface area contributed by atoms with Crippen molar-refractivity contribution in [2.75, 3.05) is 7.11 Å². The number of rotatable bonds is 7. The number of carbonyl (C=O) groups excluding carboxylic acids is 2. The minimum absolute atomic E-state index is 0.152. The number of carbonyl (C=O) groups is 2. The van der Waals surface area contributed by atoms with Crippen molar-refractivity contribution in [2.24, 2.45) is 0 Å². The van der Waals surface area contributed by atoms with E-state index in [1.54, 1.807) is 36.4 Å². The van der Waals surface area contributed by atoms with Gasteiger partial charge in [0.25, 0.3) is 11.1 Å². The Morgan fingerprint density at radius 3 is 2.45 bits per heavy atom. The second kappa shape index (κ2) is 10.3. The molecule has 3 aromatic rings. The number of imide groups is 1. The number of nitrogens with zero attached hydrogens (tertiary/aromatic N) is 1. The number of halogens is 2. The first-order valence-electron chi connectivity index (χ1n) is 9.98. The van der Waals surface area contributed by atoms with Gasteiger partial charge in [0.2, 0.25) is 0 Å². The van der Waals surface area contributed by atoms with Crippen LogP contribution in [0.3, 0.4) is 0 Å². The van der Waals surface area contributed by atoms with Crippen molar-refractivity contribution in [3.63, 3.8) is 0 Å². The molecule has 5 nitrogen and oxygen atoms in total. The molecule has 0 aliphatic carbocycles. The number of methoxy groups -OCH3 is 1. The molecular formula is C25H19Cl2NO4S. The first-order chi connectivity index (χ1) is 15.9. The predicted octanol–water partition coefficient (Wildman–Crippen LogP) is 6.82. The Balaban J connectivity index is 1.54. The lowest BCUT2D eigenvalue weighted by atomic mass is 10.1. The minimum Gasteiger partial charge on any atom is -0.493 e. The van der Waals surface area contributed by atoms with Crippen LogP contribution in [0.4, 0.5) is 4.79 Å². The van der Waals surface area contributed by atoms with E-state index in [1.165, 1.54) is 12.0 Å². The highest BCUT2D eigenvalue weighted by molar-refractivity contribution is 8.18. The van der Waals surface area contributed by atoms with Crippen LogP contribution in [0, 0.1) is 0 Å². The van der Waals surface area contributed by atoms with E-state index in [9.17, 15) is 9.59 Å². The van der Waals surface area contributed by atoms with E-state index in [1.807, 2.05) is 36.4 Å². The summed E-state index contributed by atoms with van der Waals surface area (Å²) in [6.45, 7) is 0.484. The number of hydrogen-bond donors (Lipinski definition) is 0. The van der Waals surface area contributed by atoms with Crippen molar-refractivity contribution < 1.29 is 19.1 Å². The fourth-order valence-corrected chi connectivity index (χ4v) is 4.62. The highest BCUT2D eigenvalue weighted by Gasteiger charge is 2.35. The SMILES string of the molecule is COc1cc(/C=C2\SC(=O)N(Cc3cccc(Cl)c3)C2=O)cc(Cl)c1OCc1ccccc1. The quantitative estimate of drug-likeness (QED) is 0.334. The van der Waals surface area contributed by atoms with Crippen LogP contribution in [0.5, 0.6) is 11.5 Å². The zero-order valence-electron chi connectivity index (χ0n) is 17.6. The van der Waals surface area contributed by atoms with E-state index in [0.29, 0.717) is 38.6 Å². The summed E-state index contributed by atoms with van der Waals surface area (Å²) in [5.41, 5.74) is 2.39. The lowest BCUT2D eigenvalue weighted by Gasteiger charge is -2.14. The van der Waals surface area contributed by atoms with E-state index in [4.69, 9.17) is 32.7 Å². The standard InChI is InChI=1S/C25H19Cl2NO4S/c1-31-21-12-18(11-20(27)23(21)32-15-16-6-3-2-4-7-16)13-22-24(29)28(25(30)33-22)14-17-8-5-9-19(26)10-17/h2-13H,14-15H2,1H3/b22-13-. The lowest BCUT2D eigenvalue weighted by molar-refractivity contribution is -0.123. The maximum Gasteiger partial charge on any atom is 0.293 e. The molecule has 0 bridgehead atoms. The van der Waals surface area contributed by atoms with Crippen molar-refractivity contribution in [1.29, 1.82) is 0 Å². The monoisotopic (exact) mass is 499 g/mol.